The molecule has 0 unspecified atom stereocenters. The van der Waals surface area contributed by atoms with Crippen molar-refractivity contribution in [2.24, 2.45) is 12.8 Å². The molecule has 1 saturated heterocycles. The normalized spacial score (nSPS) is 18.0. The highest BCUT2D eigenvalue weighted by Crippen LogP contribution is 2.32. The topological polar surface area (TPSA) is 89.9 Å². The van der Waals surface area contributed by atoms with Crippen LogP contribution in [0.4, 0.5) is 0 Å². The van der Waals surface area contributed by atoms with E-state index in [9.17, 15) is 4.79 Å². The quantitative estimate of drug-likeness (QED) is 0.861. The number of amides is 1. The molecule has 7 heteroatoms. The minimum atomic E-state index is -0.299. The molecular formula is C18H26N6O. The maximum absolute atomic E-state index is 11.1. The van der Waals surface area contributed by atoms with Crippen molar-refractivity contribution in [3.63, 3.8) is 0 Å². The second kappa shape index (κ2) is 7.31. The highest BCUT2D eigenvalue weighted by atomic mass is 16.1. The van der Waals surface area contributed by atoms with Gasteiger partial charge < -0.3 is 5.73 Å². The van der Waals surface area contributed by atoms with Crippen LogP contribution in [0.2, 0.25) is 0 Å². The Hall–Kier alpha value is -2.28. The van der Waals surface area contributed by atoms with Gasteiger partial charge in [-0.05, 0) is 45.7 Å². The molecule has 1 amide bonds. The van der Waals surface area contributed by atoms with Gasteiger partial charge in [0.1, 0.15) is 5.82 Å². The Balaban J connectivity index is 1.79. The molecule has 1 fully saturated rings. The predicted molar refractivity (Wildman–Crippen MR) is 94.6 cm³/mol. The van der Waals surface area contributed by atoms with Crippen molar-refractivity contribution in [2.75, 3.05) is 6.54 Å². The van der Waals surface area contributed by atoms with Gasteiger partial charge in [0.25, 0.3) is 0 Å². The number of aryl methyl sites for hydroxylation is 4. The van der Waals surface area contributed by atoms with E-state index in [1.807, 2.05) is 24.7 Å². The van der Waals surface area contributed by atoms with Crippen LogP contribution in [0.1, 0.15) is 53.8 Å². The average molecular weight is 342 g/mol. The number of carbonyl (C=O) groups excluding carboxylic acids is 1. The fourth-order valence-corrected chi connectivity index (χ4v) is 3.58. The largest absolute Gasteiger partial charge is 0.370 e. The number of carbonyl (C=O) groups is 1. The van der Waals surface area contributed by atoms with Gasteiger partial charge in [-0.25, -0.2) is 9.97 Å². The van der Waals surface area contributed by atoms with Crippen LogP contribution in [0.3, 0.4) is 0 Å². The van der Waals surface area contributed by atoms with Crippen LogP contribution >= 0.6 is 0 Å². The second-order valence-corrected chi connectivity index (χ2v) is 6.84. The maximum atomic E-state index is 11.1. The first-order chi connectivity index (χ1) is 11.9. The molecule has 134 valence electrons. The first-order valence-corrected chi connectivity index (χ1v) is 8.78. The molecule has 0 saturated carbocycles. The zero-order valence-corrected chi connectivity index (χ0v) is 15.2. The Morgan fingerprint density at radius 3 is 2.84 bits per heavy atom. The fourth-order valence-electron chi connectivity index (χ4n) is 3.58. The van der Waals surface area contributed by atoms with E-state index in [0.29, 0.717) is 12.8 Å². The predicted octanol–water partition coefficient (Wildman–Crippen LogP) is 1.58. The van der Waals surface area contributed by atoms with Gasteiger partial charge in [-0.1, -0.05) is 0 Å². The molecule has 3 heterocycles. The van der Waals surface area contributed by atoms with Crippen LogP contribution in [0.25, 0.3) is 0 Å². The average Bonchev–Trinajstić information content (AvgIpc) is 3.11. The molecule has 25 heavy (non-hydrogen) atoms. The minimum Gasteiger partial charge on any atom is -0.370 e. The Labute approximate surface area is 148 Å². The van der Waals surface area contributed by atoms with E-state index in [4.69, 9.17) is 5.73 Å². The number of hydrogen-bond donors (Lipinski definition) is 1. The van der Waals surface area contributed by atoms with Crippen LogP contribution in [-0.4, -0.2) is 37.1 Å². The lowest BCUT2D eigenvalue weighted by molar-refractivity contribution is -0.118. The number of primary amides is 1. The Morgan fingerprint density at radius 2 is 2.16 bits per heavy atom. The van der Waals surface area contributed by atoms with Crippen LogP contribution in [0, 0.1) is 13.8 Å². The Bertz CT molecular complexity index is 769. The minimum absolute atomic E-state index is 0.286. The van der Waals surface area contributed by atoms with Crippen molar-refractivity contribution in [1.29, 1.82) is 0 Å². The van der Waals surface area contributed by atoms with Gasteiger partial charge in [-0.15, -0.1) is 0 Å². The molecule has 3 rings (SSSR count). The summed E-state index contributed by atoms with van der Waals surface area (Å²) in [6, 6.07) is 2.32. The van der Waals surface area contributed by atoms with Crippen molar-refractivity contribution in [3.8, 4) is 0 Å². The lowest BCUT2D eigenvalue weighted by Crippen LogP contribution is -2.24. The van der Waals surface area contributed by atoms with E-state index in [1.54, 1.807) is 0 Å². The molecule has 1 atom stereocenters. The number of hydrogen-bond acceptors (Lipinski definition) is 5. The zero-order valence-electron chi connectivity index (χ0n) is 15.2. The lowest BCUT2D eigenvalue weighted by atomic mass is 10.1. The third-order valence-corrected chi connectivity index (χ3v) is 4.73. The summed E-state index contributed by atoms with van der Waals surface area (Å²) in [6.45, 7) is 5.89. The van der Waals surface area contributed by atoms with Gasteiger partial charge in [0.05, 0.1) is 17.4 Å². The van der Waals surface area contributed by atoms with E-state index in [-0.39, 0.29) is 11.9 Å². The number of likely N-dealkylation sites (tertiary alicyclic amines) is 1. The van der Waals surface area contributed by atoms with Crippen molar-refractivity contribution >= 4 is 5.91 Å². The third-order valence-electron chi connectivity index (χ3n) is 4.73. The van der Waals surface area contributed by atoms with Crippen LogP contribution in [0.15, 0.2) is 12.3 Å². The summed E-state index contributed by atoms with van der Waals surface area (Å²) in [7, 11) is 1.96. The molecule has 7 nitrogen and oxygen atoms in total. The van der Waals surface area contributed by atoms with E-state index < -0.39 is 0 Å². The number of nitrogens with two attached hydrogens (primary N) is 1. The molecule has 0 bridgehead atoms. The van der Waals surface area contributed by atoms with Crippen molar-refractivity contribution in [3.05, 3.63) is 40.7 Å². The smallest absolute Gasteiger partial charge is 0.217 e. The zero-order chi connectivity index (χ0) is 18.0. The number of rotatable bonds is 6. The van der Waals surface area contributed by atoms with Gasteiger partial charge in [-0.3, -0.25) is 14.4 Å². The molecule has 1 aliphatic heterocycles. The van der Waals surface area contributed by atoms with Crippen LogP contribution < -0.4 is 5.73 Å². The molecule has 1 aliphatic rings. The van der Waals surface area contributed by atoms with E-state index >= 15 is 0 Å². The standard InChI is InChI=1S/C18H26N6O/c1-12-14(10-23(3)22-12)11-24-8-4-5-17(24)16-9-15(6-7-18(19)25)20-13(2)21-16/h9-10,17H,4-8,11H2,1-3H3,(H2,19,25)/t17-/m0/s1. The molecule has 2 N–H and O–H groups in total. The van der Waals surface area contributed by atoms with E-state index in [0.717, 1.165) is 48.8 Å². The second-order valence-electron chi connectivity index (χ2n) is 6.84. The van der Waals surface area contributed by atoms with Crippen LogP contribution in [-0.2, 0) is 24.8 Å². The van der Waals surface area contributed by atoms with Gasteiger partial charge in [0.2, 0.25) is 5.91 Å². The lowest BCUT2D eigenvalue weighted by Gasteiger charge is -2.24. The SMILES string of the molecule is Cc1nc(CCC(N)=O)cc([C@@H]2CCCN2Cc2cn(C)nc2C)n1. The highest BCUT2D eigenvalue weighted by Gasteiger charge is 2.28. The highest BCUT2D eigenvalue weighted by molar-refractivity contribution is 5.73. The molecular weight excluding hydrogens is 316 g/mol. The van der Waals surface area contributed by atoms with Crippen molar-refractivity contribution in [1.82, 2.24) is 24.6 Å². The Morgan fingerprint density at radius 1 is 1.36 bits per heavy atom. The summed E-state index contributed by atoms with van der Waals surface area (Å²) < 4.78 is 1.87. The first kappa shape index (κ1) is 17.5. The first-order valence-electron chi connectivity index (χ1n) is 8.78. The summed E-state index contributed by atoms with van der Waals surface area (Å²) in [5, 5.41) is 4.44. The monoisotopic (exact) mass is 342 g/mol. The molecule has 0 radical (unpaired) electrons. The molecule has 0 aliphatic carbocycles. The Kier molecular flexibility index (Phi) is 5.13. The molecule has 2 aromatic heterocycles. The summed E-state index contributed by atoms with van der Waals surface area (Å²) in [6.07, 6.45) is 5.22. The van der Waals surface area contributed by atoms with Crippen molar-refractivity contribution < 1.29 is 4.79 Å². The molecule has 2 aromatic rings. The van der Waals surface area contributed by atoms with Crippen LogP contribution in [0.5, 0.6) is 0 Å². The van der Waals surface area contributed by atoms with Crippen molar-refractivity contribution in [2.45, 2.75) is 52.1 Å². The summed E-state index contributed by atoms with van der Waals surface area (Å²) in [5.41, 5.74) is 9.54. The van der Waals surface area contributed by atoms with E-state index in [1.165, 1.54) is 5.56 Å². The number of nitrogens with zero attached hydrogens (tertiary/aromatic N) is 5. The summed E-state index contributed by atoms with van der Waals surface area (Å²) in [4.78, 5) is 22.6. The van der Waals surface area contributed by atoms with Gasteiger partial charge in [0, 0.05) is 37.5 Å². The summed E-state index contributed by atoms with van der Waals surface area (Å²) >= 11 is 0. The number of aromatic nitrogens is 4. The van der Waals surface area contributed by atoms with Gasteiger partial charge in [0.15, 0.2) is 0 Å². The summed E-state index contributed by atoms with van der Waals surface area (Å²) in [5.74, 6) is 0.453. The maximum Gasteiger partial charge on any atom is 0.217 e. The van der Waals surface area contributed by atoms with Gasteiger partial charge >= 0.3 is 0 Å². The third kappa shape index (κ3) is 4.22. The molecule has 0 aromatic carbocycles. The molecule has 0 spiro atoms. The van der Waals surface area contributed by atoms with Gasteiger partial charge in [-0.2, -0.15) is 5.10 Å². The van der Waals surface area contributed by atoms with E-state index in [2.05, 4.69) is 33.1 Å². The fraction of sp³-hybridized carbons (Fsp3) is 0.556.